The number of aromatic hydroxyl groups is 1. The SMILES string of the molecule is O=C(NCc1c(F)cc(F)cc1F)c1cn2c(c(O)c1=O)C(=O)N1Cc3cc(F)c(F)cc3C[C@H]2C1. The fraction of sp³-hybridized carbons (Fsp3) is 0.208. The molecule has 0 radical (unpaired) electrons. The Labute approximate surface area is 199 Å². The van der Waals surface area contributed by atoms with Crippen LogP contribution in [-0.4, -0.2) is 32.9 Å². The lowest BCUT2D eigenvalue weighted by atomic mass is 10.0. The Balaban J connectivity index is 1.51. The number of nitrogens with zero attached hydrogens (tertiary/aromatic N) is 2. The summed E-state index contributed by atoms with van der Waals surface area (Å²) in [6.07, 6.45) is 1.13. The summed E-state index contributed by atoms with van der Waals surface area (Å²) in [5.41, 5.74) is -2.07. The van der Waals surface area contributed by atoms with Gasteiger partial charge in [-0.2, -0.15) is 0 Å². The van der Waals surface area contributed by atoms with Crippen LogP contribution >= 0.6 is 0 Å². The van der Waals surface area contributed by atoms with E-state index in [9.17, 15) is 41.4 Å². The molecule has 2 bridgehead atoms. The van der Waals surface area contributed by atoms with Gasteiger partial charge in [-0.15, -0.1) is 0 Å². The van der Waals surface area contributed by atoms with E-state index in [1.807, 2.05) is 0 Å². The maximum atomic E-state index is 13.9. The van der Waals surface area contributed by atoms with Crippen LogP contribution in [0.3, 0.4) is 0 Å². The number of amides is 2. The Morgan fingerprint density at radius 3 is 2.28 bits per heavy atom. The molecule has 36 heavy (non-hydrogen) atoms. The van der Waals surface area contributed by atoms with E-state index in [4.69, 9.17) is 0 Å². The second-order valence-electron chi connectivity index (χ2n) is 8.59. The van der Waals surface area contributed by atoms with Crippen LogP contribution in [0.25, 0.3) is 0 Å². The van der Waals surface area contributed by atoms with E-state index in [0.29, 0.717) is 23.3 Å². The van der Waals surface area contributed by atoms with Crippen LogP contribution in [0.2, 0.25) is 0 Å². The van der Waals surface area contributed by atoms with Crippen molar-refractivity contribution in [2.45, 2.75) is 25.6 Å². The lowest BCUT2D eigenvalue weighted by Crippen LogP contribution is -2.44. The first kappa shape index (κ1) is 23.5. The number of aromatic nitrogens is 1. The second kappa shape index (κ2) is 8.47. The zero-order valence-corrected chi connectivity index (χ0v) is 18.2. The van der Waals surface area contributed by atoms with E-state index in [0.717, 1.165) is 18.3 Å². The van der Waals surface area contributed by atoms with Crippen LogP contribution < -0.4 is 10.7 Å². The molecule has 3 heterocycles. The molecule has 2 aromatic carbocycles. The molecule has 0 spiro atoms. The van der Waals surface area contributed by atoms with Crippen molar-refractivity contribution in [1.82, 2.24) is 14.8 Å². The van der Waals surface area contributed by atoms with Gasteiger partial charge in [0.1, 0.15) is 23.0 Å². The molecule has 7 nitrogen and oxygen atoms in total. The van der Waals surface area contributed by atoms with Gasteiger partial charge < -0.3 is 19.9 Å². The highest BCUT2D eigenvalue weighted by molar-refractivity contribution is 5.99. The van der Waals surface area contributed by atoms with Gasteiger partial charge in [0, 0.05) is 43.5 Å². The Kier molecular flexibility index (Phi) is 5.53. The number of hydrogen-bond donors (Lipinski definition) is 2. The van der Waals surface area contributed by atoms with Gasteiger partial charge in [-0.3, -0.25) is 14.4 Å². The molecule has 0 saturated heterocycles. The minimum atomic E-state index is -1.25. The molecule has 2 aliphatic heterocycles. The standard InChI is InChI=1S/C24H16F5N3O4/c25-12-4-16(26)14(17(27)5-12)6-30-23(35)15-9-32-13-1-10-2-18(28)19(29)3-11(10)7-31(8-13)24(36)20(32)22(34)21(15)33/h2-5,9,13,34H,1,6-8H2,(H,30,35)/t13-/m0/s1. The predicted octanol–water partition coefficient (Wildman–Crippen LogP) is 2.93. The van der Waals surface area contributed by atoms with Gasteiger partial charge in [0.05, 0.1) is 6.04 Å². The van der Waals surface area contributed by atoms with E-state index in [2.05, 4.69) is 5.32 Å². The van der Waals surface area contributed by atoms with Crippen LogP contribution in [0, 0.1) is 29.1 Å². The Morgan fingerprint density at radius 1 is 0.972 bits per heavy atom. The van der Waals surface area contributed by atoms with Gasteiger partial charge in [0.15, 0.2) is 23.1 Å². The largest absolute Gasteiger partial charge is 0.503 e. The molecule has 1 atom stereocenters. The Morgan fingerprint density at radius 2 is 1.61 bits per heavy atom. The summed E-state index contributed by atoms with van der Waals surface area (Å²) < 4.78 is 69.8. The van der Waals surface area contributed by atoms with Gasteiger partial charge in [-0.25, -0.2) is 22.0 Å². The normalized spacial score (nSPS) is 16.3. The highest BCUT2D eigenvalue weighted by atomic mass is 19.2. The zero-order valence-electron chi connectivity index (χ0n) is 18.2. The summed E-state index contributed by atoms with van der Waals surface area (Å²) in [5.74, 6) is -8.66. The summed E-state index contributed by atoms with van der Waals surface area (Å²) >= 11 is 0. The highest BCUT2D eigenvalue weighted by Crippen LogP contribution is 2.34. The maximum Gasteiger partial charge on any atom is 0.274 e. The number of carbonyl (C=O) groups excluding carboxylic acids is 2. The van der Waals surface area contributed by atoms with Crippen LogP contribution in [-0.2, 0) is 19.5 Å². The van der Waals surface area contributed by atoms with Crippen molar-refractivity contribution in [3.63, 3.8) is 0 Å². The molecule has 0 fully saturated rings. The number of halogens is 5. The highest BCUT2D eigenvalue weighted by Gasteiger charge is 2.38. The quantitative estimate of drug-likeness (QED) is 0.536. The third kappa shape index (κ3) is 3.78. The fourth-order valence-corrected chi connectivity index (χ4v) is 4.59. The first-order valence-electron chi connectivity index (χ1n) is 10.7. The minimum absolute atomic E-state index is 0.0686. The number of hydrogen-bond acceptors (Lipinski definition) is 4. The smallest absolute Gasteiger partial charge is 0.274 e. The Bertz CT molecular complexity index is 1500. The molecule has 1 aromatic heterocycles. The van der Waals surface area contributed by atoms with E-state index in [-0.39, 0.29) is 19.5 Å². The molecule has 2 aliphatic rings. The summed E-state index contributed by atoms with van der Waals surface area (Å²) in [4.78, 5) is 39.8. The summed E-state index contributed by atoms with van der Waals surface area (Å²) in [7, 11) is 0. The topological polar surface area (TPSA) is 91.6 Å². The number of nitrogens with one attached hydrogen (secondary N) is 1. The lowest BCUT2D eigenvalue weighted by molar-refractivity contribution is 0.0653. The third-order valence-corrected chi connectivity index (χ3v) is 6.36. The first-order chi connectivity index (χ1) is 17.0. The number of rotatable bonds is 3. The van der Waals surface area contributed by atoms with Crippen molar-refractivity contribution >= 4 is 11.8 Å². The third-order valence-electron chi connectivity index (χ3n) is 6.36. The van der Waals surface area contributed by atoms with Gasteiger partial charge in [-0.1, -0.05) is 0 Å². The predicted molar refractivity (Wildman–Crippen MR) is 114 cm³/mol. The maximum absolute atomic E-state index is 13.9. The number of benzene rings is 2. The first-order valence-corrected chi connectivity index (χ1v) is 10.7. The molecular weight excluding hydrogens is 489 g/mol. The molecule has 0 saturated carbocycles. The van der Waals surface area contributed by atoms with Crippen molar-refractivity contribution in [2.75, 3.05) is 6.54 Å². The van der Waals surface area contributed by atoms with Crippen LogP contribution in [0.1, 0.15) is 43.6 Å². The van der Waals surface area contributed by atoms with E-state index < -0.39 is 81.5 Å². The van der Waals surface area contributed by atoms with Gasteiger partial charge in [0.2, 0.25) is 5.43 Å². The average Bonchev–Trinajstić information content (AvgIpc) is 2.96. The number of fused-ring (bicyclic) bond motifs is 5. The van der Waals surface area contributed by atoms with Crippen LogP contribution in [0.15, 0.2) is 35.3 Å². The van der Waals surface area contributed by atoms with Crippen molar-refractivity contribution < 1.29 is 36.6 Å². The Hall–Kier alpha value is -4.22. The summed E-state index contributed by atoms with van der Waals surface area (Å²) in [5, 5.41) is 12.7. The van der Waals surface area contributed by atoms with Gasteiger partial charge in [-0.05, 0) is 29.7 Å². The van der Waals surface area contributed by atoms with Crippen LogP contribution in [0.4, 0.5) is 22.0 Å². The molecule has 2 N–H and O–H groups in total. The molecule has 0 aliphatic carbocycles. The molecular formula is C24H16F5N3O4. The minimum Gasteiger partial charge on any atom is -0.503 e. The van der Waals surface area contributed by atoms with Crippen molar-refractivity contribution in [3.8, 4) is 5.75 Å². The fourth-order valence-electron chi connectivity index (χ4n) is 4.59. The molecule has 3 aromatic rings. The summed E-state index contributed by atoms with van der Waals surface area (Å²) in [6.45, 7) is -0.737. The summed E-state index contributed by atoms with van der Waals surface area (Å²) in [6, 6.07) is 2.21. The van der Waals surface area contributed by atoms with Crippen molar-refractivity contribution in [1.29, 1.82) is 0 Å². The van der Waals surface area contributed by atoms with Gasteiger partial charge >= 0.3 is 0 Å². The molecule has 0 unspecified atom stereocenters. The number of carbonyl (C=O) groups is 2. The number of pyridine rings is 1. The van der Waals surface area contributed by atoms with E-state index in [1.165, 1.54) is 9.47 Å². The van der Waals surface area contributed by atoms with E-state index >= 15 is 0 Å². The zero-order chi connectivity index (χ0) is 25.9. The van der Waals surface area contributed by atoms with Gasteiger partial charge in [0.25, 0.3) is 11.8 Å². The monoisotopic (exact) mass is 505 g/mol. The molecule has 186 valence electrons. The van der Waals surface area contributed by atoms with E-state index in [1.54, 1.807) is 0 Å². The molecule has 5 rings (SSSR count). The molecule has 2 amide bonds. The van der Waals surface area contributed by atoms with Crippen LogP contribution in [0.5, 0.6) is 5.75 Å². The van der Waals surface area contributed by atoms with Crippen molar-refractivity contribution in [2.24, 2.45) is 0 Å². The van der Waals surface area contributed by atoms with Crippen molar-refractivity contribution in [3.05, 3.63) is 97.7 Å². The lowest BCUT2D eigenvalue weighted by Gasteiger charge is -2.34. The molecule has 12 heteroatoms. The second-order valence-corrected chi connectivity index (χ2v) is 8.59. The average molecular weight is 505 g/mol.